The fourth-order valence-electron chi connectivity index (χ4n) is 2.63. The molecule has 20 heavy (non-hydrogen) atoms. The Labute approximate surface area is 127 Å². The second-order valence-corrected chi connectivity index (χ2v) is 6.08. The number of rotatable bonds is 4. The van der Waals surface area contributed by atoms with E-state index in [9.17, 15) is 4.79 Å². The maximum absolute atomic E-state index is 12.2. The molecule has 0 saturated heterocycles. The summed E-state index contributed by atoms with van der Waals surface area (Å²) in [5.41, 5.74) is 3.57. The number of nitrogens with zero attached hydrogens (tertiary/aromatic N) is 1. The number of hydrogen-bond donors (Lipinski definition) is 0. The zero-order chi connectivity index (χ0) is 13.9. The minimum Gasteiger partial charge on any atom is -0.294 e. The lowest BCUT2D eigenvalue weighted by Gasteiger charge is -2.13. The zero-order valence-electron chi connectivity index (χ0n) is 11.2. The maximum Gasteiger partial charge on any atom is 0.164 e. The van der Waals surface area contributed by atoms with Gasteiger partial charge in [0.1, 0.15) is 0 Å². The Morgan fingerprint density at radius 2 is 1.75 bits per heavy atom. The first kappa shape index (κ1) is 13.5. The van der Waals surface area contributed by atoms with Crippen molar-refractivity contribution < 1.29 is 4.79 Å². The molecule has 0 saturated carbocycles. The average molecular weight is 330 g/mol. The number of halogens is 1. The van der Waals surface area contributed by atoms with Crippen LogP contribution in [0.1, 0.15) is 27.9 Å². The van der Waals surface area contributed by atoms with Crippen LogP contribution in [0.5, 0.6) is 0 Å². The molecular weight excluding hydrogens is 314 g/mol. The molecule has 0 atom stereocenters. The van der Waals surface area contributed by atoms with Crippen molar-refractivity contribution in [3.63, 3.8) is 0 Å². The van der Waals surface area contributed by atoms with E-state index in [2.05, 4.69) is 45.1 Å². The molecule has 0 aromatic heterocycles. The van der Waals surface area contributed by atoms with Gasteiger partial charge >= 0.3 is 0 Å². The van der Waals surface area contributed by atoms with Crippen LogP contribution in [-0.2, 0) is 13.1 Å². The van der Waals surface area contributed by atoms with Gasteiger partial charge in [0.05, 0.1) is 0 Å². The van der Waals surface area contributed by atoms with Crippen molar-refractivity contribution in [2.45, 2.75) is 19.5 Å². The lowest BCUT2D eigenvalue weighted by atomic mass is 10.1. The third-order valence-electron chi connectivity index (χ3n) is 3.71. The number of benzene rings is 2. The van der Waals surface area contributed by atoms with Crippen LogP contribution in [0.4, 0.5) is 0 Å². The van der Waals surface area contributed by atoms with Gasteiger partial charge in [0.25, 0.3) is 0 Å². The zero-order valence-corrected chi connectivity index (χ0v) is 12.8. The van der Waals surface area contributed by atoms with E-state index in [1.807, 2.05) is 24.3 Å². The van der Waals surface area contributed by atoms with Gasteiger partial charge in [-0.15, -0.1) is 0 Å². The molecule has 1 aliphatic rings. The monoisotopic (exact) mass is 329 g/mol. The van der Waals surface area contributed by atoms with E-state index in [0.29, 0.717) is 6.42 Å². The summed E-state index contributed by atoms with van der Waals surface area (Å²) in [6.07, 6.45) is 0.574. The number of hydrogen-bond acceptors (Lipinski definition) is 2. The average Bonchev–Trinajstić information content (AvgIpc) is 2.87. The maximum atomic E-state index is 12.2. The Balaban J connectivity index is 1.58. The minimum atomic E-state index is 0.210. The Hall–Kier alpha value is -1.45. The third-order valence-corrected chi connectivity index (χ3v) is 4.20. The number of fused-ring (bicyclic) bond motifs is 1. The van der Waals surface area contributed by atoms with Crippen molar-refractivity contribution in [1.29, 1.82) is 0 Å². The molecule has 0 fully saturated rings. The van der Waals surface area contributed by atoms with Crippen molar-refractivity contribution in [3.05, 3.63) is 69.7 Å². The molecule has 0 unspecified atom stereocenters. The van der Waals surface area contributed by atoms with Gasteiger partial charge in [-0.05, 0) is 23.3 Å². The van der Waals surface area contributed by atoms with Gasteiger partial charge in [0.2, 0.25) is 0 Å². The molecular formula is C17H16BrNO. The predicted octanol–water partition coefficient (Wildman–Crippen LogP) is 4.04. The van der Waals surface area contributed by atoms with E-state index in [1.54, 1.807) is 0 Å². The highest BCUT2D eigenvalue weighted by atomic mass is 79.9. The second-order valence-electron chi connectivity index (χ2n) is 5.16. The predicted molar refractivity (Wildman–Crippen MR) is 83.6 cm³/mol. The highest BCUT2D eigenvalue weighted by molar-refractivity contribution is 9.10. The van der Waals surface area contributed by atoms with E-state index in [0.717, 1.165) is 29.7 Å². The van der Waals surface area contributed by atoms with Crippen molar-refractivity contribution in [1.82, 2.24) is 4.90 Å². The summed E-state index contributed by atoms with van der Waals surface area (Å²) in [6.45, 7) is 2.74. The summed E-state index contributed by atoms with van der Waals surface area (Å²) in [4.78, 5) is 14.5. The molecule has 0 aliphatic carbocycles. The molecule has 3 heteroatoms. The highest BCUT2D eigenvalue weighted by Crippen LogP contribution is 2.22. The molecule has 1 aliphatic heterocycles. The van der Waals surface area contributed by atoms with Gasteiger partial charge in [0.15, 0.2) is 5.78 Å². The summed E-state index contributed by atoms with van der Waals surface area (Å²) in [5.74, 6) is 0.210. The van der Waals surface area contributed by atoms with E-state index in [4.69, 9.17) is 0 Å². The van der Waals surface area contributed by atoms with Crippen molar-refractivity contribution in [2.75, 3.05) is 6.54 Å². The van der Waals surface area contributed by atoms with Crippen molar-refractivity contribution in [2.24, 2.45) is 0 Å². The molecule has 0 N–H and O–H groups in total. The largest absolute Gasteiger partial charge is 0.294 e. The van der Waals surface area contributed by atoms with Crippen LogP contribution in [0, 0.1) is 0 Å². The molecule has 0 bridgehead atoms. The van der Waals surface area contributed by atoms with Crippen LogP contribution in [0.3, 0.4) is 0 Å². The minimum absolute atomic E-state index is 0.210. The molecule has 3 rings (SSSR count). The molecule has 0 spiro atoms. The first-order valence-corrected chi connectivity index (χ1v) is 7.59. The standard InChI is InChI=1S/C17H16BrNO/c18-16-7-3-6-13(10-16)17(20)8-9-19-11-14-4-1-2-5-15(14)12-19/h1-7,10H,8-9,11-12H2. The Morgan fingerprint density at radius 3 is 2.40 bits per heavy atom. The molecule has 102 valence electrons. The summed E-state index contributed by atoms with van der Waals surface area (Å²) in [5, 5.41) is 0. The van der Waals surface area contributed by atoms with E-state index >= 15 is 0 Å². The van der Waals surface area contributed by atoms with Gasteiger partial charge in [-0.2, -0.15) is 0 Å². The van der Waals surface area contributed by atoms with E-state index < -0.39 is 0 Å². The van der Waals surface area contributed by atoms with Crippen LogP contribution in [0.25, 0.3) is 0 Å². The molecule has 1 heterocycles. The number of carbonyl (C=O) groups excluding carboxylic acids is 1. The topological polar surface area (TPSA) is 20.3 Å². The summed E-state index contributed by atoms with van der Waals surface area (Å²) in [7, 11) is 0. The lowest BCUT2D eigenvalue weighted by molar-refractivity contribution is 0.0963. The third kappa shape index (κ3) is 3.00. The van der Waals surface area contributed by atoms with Crippen molar-refractivity contribution in [3.8, 4) is 0 Å². The molecule has 0 amide bonds. The molecule has 2 nitrogen and oxygen atoms in total. The molecule has 2 aromatic carbocycles. The summed E-state index contributed by atoms with van der Waals surface area (Å²) in [6, 6.07) is 16.1. The molecule has 2 aromatic rings. The fraction of sp³-hybridized carbons (Fsp3) is 0.235. The number of carbonyl (C=O) groups is 1. The Bertz CT molecular complexity index is 613. The van der Waals surface area contributed by atoms with Crippen LogP contribution >= 0.6 is 15.9 Å². The number of Topliss-reactive ketones (excluding diaryl/α,β-unsaturated/α-hetero) is 1. The van der Waals surface area contributed by atoms with E-state index in [-0.39, 0.29) is 5.78 Å². The van der Waals surface area contributed by atoms with Crippen LogP contribution in [0.15, 0.2) is 53.0 Å². The van der Waals surface area contributed by atoms with Gasteiger partial charge < -0.3 is 0 Å². The van der Waals surface area contributed by atoms with Gasteiger partial charge in [-0.3, -0.25) is 9.69 Å². The first-order chi connectivity index (χ1) is 9.72. The van der Waals surface area contributed by atoms with Crippen molar-refractivity contribution >= 4 is 21.7 Å². The quantitative estimate of drug-likeness (QED) is 0.789. The highest BCUT2D eigenvalue weighted by Gasteiger charge is 2.18. The first-order valence-electron chi connectivity index (χ1n) is 6.80. The van der Waals surface area contributed by atoms with Gasteiger partial charge in [-0.1, -0.05) is 52.3 Å². The lowest BCUT2D eigenvalue weighted by Crippen LogP contribution is -2.20. The van der Waals surface area contributed by atoms with Crippen LogP contribution < -0.4 is 0 Å². The smallest absolute Gasteiger partial charge is 0.164 e. The summed E-state index contributed by atoms with van der Waals surface area (Å²) >= 11 is 3.40. The summed E-state index contributed by atoms with van der Waals surface area (Å²) < 4.78 is 0.955. The SMILES string of the molecule is O=C(CCN1Cc2ccccc2C1)c1cccc(Br)c1. The van der Waals surface area contributed by atoms with Crippen LogP contribution in [-0.4, -0.2) is 17.2 Å². The second kappa shape index (κ2) is 5.90. The Morgan fingerprint density at radius 1 is 1.05 bits per heavy atom. The van der Waals surface area contributed by atoms with Gasteiger partial charge in [-0.25, -0.2) is 0 Å². The molecule has 0 radical (unpaired) electrons. The normalized spacial score (nSPS) is 14.2. The number of ketones is 1. The Kier molecular flexibility index (Phi) is 3.99. The van der Waals surface area contributed by atoms with Crippen LogP contribution in [0.2, 0.25) is 0 Å². The fourth-order valence-corrected chi connectivity index (χ4v) is 3.03. The van der Waals surface area contributed by atoms with Gasteiger partial charge in [0, 0.05) is 36.1 Å². The van der Waals surface area contributed by atoms with E-state index in [1.165, 1.54) is 11.1 Å².